The first-order valence-corrected chi connectivity index (χ1v) is 10.4. The molecule has 0 fully saturated rings. The molecule has 0 radical (unpaired) electrons. The number of nitrogens with two attached hydrogens (primary N) is 1. The van der Waals surface area contributed by atoms with Crippen LogP contribution in [0.5, 0.6) is 0 Å². The van der Waals surface area contributed by atoms with Crippen molar-refractivity contribution >= 4 is 33.6 Å². The normalized spacial score (nSPS) is 11.9. The van der Waals surface area contributed by atoms with E-state index in [4.69, 9.17) is 10.1 Å². The van der Waals surface area contributed by atoms with Crippen LogP contribution in [0.2, 0.25) is 0 Å². The van der Waals surface area contributed by atoms with Crippen molar-refractivity contribution in [2.24, 2.45) is 0 Å². The Kier molecular flexibility index (Phi) is 7.56. The smallest absolute Gasteiger partial charge is 0.243 e. The second-order valence-corrected chi connectivity index (χ2v) is 7.31. The minimum atomic E-state index is 0.388. The summed E-state index contributed by atoms with van der Waals surface area (Å²) in [4.78, 5) is 13.7. The number of quaternary nitrogens is 1. The predicted octanol–water partition coefficient (Wildman–Crippen LogP) is 2.74. The molecular formula is C20H25BrN7O+. The van der Waals surface area contributed by atoms with Crippen LogP contribution in [-0.2, 0) is 24.2 Å². The molecule has 0 spiro atoms. The van der Waals surface area contributed by atoms with Crippen LogP contribution in [0.1, 0.15) is 37.4 Å². The number of nitrogens with zero attached hydrogens (tertiary/aromatic N) is 5. The van der Waals surface area contributed by atoms with Gasteiger partial charge in [-0.3, -0.25) is 5.32 Å². The maximum Gasteiger partial charge on any atom is 0.243 e. The van der Waals surface area contributed by atoms with Crippen molar-refractivity contribution in [2.45, 2.75) is 39.7 Å². The minimum Gasteiger partial charge on any atom is -0.374 e. The fourth-order valence-corrected chi connectivity index (χ4v) is 3.41. The van der Waals surface area contributed by atoms with Crippen LogP contribution in [0.3, 0.4) is 0 Å². The molecule has 29 heavy (non-hydrogen) atoms. The average molecular weight is 459 g/mol. The van der Waals surface area contributed by atoms with Crippen molar-refractivity contribution in [3.05, 3.63) is 58.0 Å². The number of ether oxygens (including phenoxy) is 1. The summed E-state index contributed by atoms with van der Waals surface area (Å²) in [5.41, 5.74) is 3.78. The Morgan fingerprint density at radius 1 is 1.34 bits per heavy atom. The Morgan fingerprint density at radius 2 is 2.21 bits per heavy atom. The standard InChI is InChI=1S/C20H24BrN7O/c1-3-6-15-17(24-13-28-20(15)26-18(27-28)12-29-4-2)11-14(8-9-22)25-19-16(21)7-5-10-23-19/h5,7-10,13,22H,3-4,6,11-12H2,1-2H3,(H,23,25)/p+1/b14-8-,22-9?. The summed E-state index contributed by atoms with van der Waals surface area (Å²) < 4.78 is 8.08. The molecular weight excluding hydrogens is 434 g/mol. The van der Waals surface area contributed by atoms with E-state index in [0.29, 0.717) is 25.5 Å². The van der Waals surface area contributed by atoms with E-state index in [0.717, 1.165) is 45.7 Å². The van der Waals surface area contributed by atoms with Gasteiger partial charge in [0, 0.05) is 30.7 Å². The van der Waals surface area contributed by atoms with Crippen molar-refractivity contribution in [1.82, 2.24) is 24.6 Å². The first-order valence-electron chi connectivity index (χ1n) is 9.60. The molecule has 3 rings (SSSR count). The van der Waals surface area contributed by atoms with Gasteiger partial charge in [-0.1, -0.05) is 13.3 Å². The largest absolute Gasteiger partial charge is 0.374 e. The zero-order chi connectivity index (χ0) is 20.6. The van der Waals surface area contributed by atoms with Gasteiger partial charge in [-0.25, -0.2) is 19.5 Å². The Balaban J connectivity index is 1.93. The van der Waals surface area contributed by atoms with Crippen LogP contribution in [0, 0.1) is 5.41 Å². The van der Waals surface area contributed by atoms with Crippen molar-refractivity contribution < 1.29 is 10.1 Å². The van der Waals surface area contributed by atoms with Gasteiger partial charge in [-0.05, 0) is 41.4 Å². The van der Waals surface area contributed by atoms with Crippen molar-refractivity contribution in [3.8, 4) is 0 Å². The number of rotatable bonds is 10. The SMILES string of the molecule is CCCc1c(C/C(=C/C=N)[NH2+]c2ncccc2Br)ncn2nc(COCC)nc12. The molecule has 0 atom stereocenters. The van der Waals surface area contributed by atoms with E-state index in [2.05, 4.69) is 42.9 Å². The summed E-state index contributed by atoms with van der Waals surface area (Å²) in [6.07, 6.45) is 8.92. The molecule has 0 bridgehead atoms. The molecule has 3 heterocycles. The lowest BCUT2D eigenvalue weighted by Gasteiger charge is -2.10. The van der Waals surface area contributed by atoms with Gasteiger partial charge >= 0.3 is 0 Å². The fourth-order valence-electron chi connectivity index (χ4n) is 3.04. The summed E-state index contributed by atoms with van der Waals surface area (Å²) in [7, 11) is 0. The Morgan fingerprint density at radius 3 is 2.93 bits per heavy atom. The number of halogens is 1. The molecule has 0 amide bonds. The Hall–Kier alpha value is -2.49. The summed E-state index contributed by atoms with van der Waals surface area (Å²) in [5, 5.41) is 14.0. The molecule has 3 aromatic heterocycles. The topological polar surface area (TPSA) is 106 Å². The van der Waals surface area contributed by atoms with Gasteiger partial charge < -0.3 is 10.1 Å². The summed E-state index contributed by atoms with van der Waals surface area (Å²) in [6.45, 7) is 5.10. The molecule has 0 aliphatic rings. The van der Waals surface area contributed by atoms with Crippen LogP contribution in [0.4, 0.5) is 5.82 Å². The fraction of sp³-hybridized carbons (Fsp3) is 0.350. The molecule has 3 aromatic rings. The zero-order valence-corrected chi connectivity index (χ0v) is 18.2. The number of aromatic nitrogens is 5. The molecule has 0 aromatic carbocycles. The second kappa shape index (κ2) is 10.3. The molecule has 152 valence electrons. The number of hydrogen-bond acceptors (Lipinski definition) is 6. The highest BCUT2D eigenvalue weighted by molar-refractivity contribution is 9.10. The lowest BCUT2D eigenvalue weighted by molar-refractivity contribution is -0.524. The van der Waals surface area contributed by atoms with Crippen LogP contribution in [-0.4, -0.2) is 37.4 Å². The molecule has 0 aliphatic heterocycles. The van der Waals surface area contributed by atoms with Gasteiger partial charge in [-0.2, -0.15) is 0 Å². The van der Waals surface area contributed by atoms with E-state index in [1.807, 2.05) is 24.4 Å². The molecule has 0 unspecified atom stereocenters. The third-order valence-electron chi connectivity index (χ3n) is 4.33. The van der Waals surface area contributed by atoms with Gasteiger partial charge in [0.25, 0.3) is 0 Å². The molecule has 0 saturated carbocycles. The van der Waals surface area contributed by atoms with Gasteiger partial charge in [0.2, 0.25) is 5.82 Å². The number of allylic oxidation sites excluding steroid dienone is 2. The van der Waals surface area contributed by atoms with Gasteiger partial charge in [0.1, 0.15) is 18.6 Å². The number of fused-ring (bicyclic) bond motifs is 1. The van der Waals surface area contributed by atoms with Crippen molar-refractivity contribution in [1.29, 1.82) is 5.41 Å². The molecule has 8 nitrogen and oxygen atoms in total. The van der Waals surface area contributed by atoms with Crippen molar-refractivity contribution in [2.75, 3.05) is 6.61 Å². The number of pyridine rings is 1. The highest BCUT2D eigenvalue weighted by atomic mass is 79.9. The minimum absolute atomic E-state index is 0.388. The van der Waals surface area contributed by atoms with E-state index in [1.54, 1.807) is 23.1 Å². The third-order valence-corrected chi connectivity index (χ3v) is 5.00. The number of nitrogens with one attached hydrogen (secondary N) is 1. The highest BCUT2D eigenvalue weighted by Gasteiger charge is 2.17. The first kappa shape index (κ1) is 21.2. The highest BCUT2D eigenvalue weighted by Crippen LogP contribution is 2.18. The first-order chi connectivity index (χ1) is 14.2. The van der Waals surface area contributed by atoms with Crippen LogP contribution >= 0.6 is 15.9 Å². The number of aryl methyl sites for hydroxylation is 1. The lowest BCUT2D eigenvalue weighted by atomic mass is 10.1. The zero-order valence-electron chi connectivity index (χ0n) is 16.6. The lowest BCUT2D eigenvalue weighted by Crippen LogP contribution is -2.77. The maximum atomic E-state index is 7.54. The van der Waals surface area contributed by atoms with E-state index >= 15 is 0 Å². The molecule has 0 saturated heterocycles. The monoisotopic (exact) mass is 458 g/mol. The van der Waals surface area contributed by atoms with Gasteiger partial charge in [0.15, 0.2) is 11.5 Å². The molecule has 3 N–H and O–H groups in total. The predicted molar refractivity (Wildman–Crippen MR) is 114 cm³/mol. The molecule has 0 aliphatic carbocycles. The summed E-state index contributed by atoms with van der Waals surface area (Å²) in [5.74, 6) is 1.47. The summed E-state index contributed by atoms with van der Waals surface area (Å²) >= 11 is 3.53. The maximum absolute atomic E-state index is 7.54. The Bertz CT molecular complexity index is 1020. The van der Waals surface area contributed by atoms with E-state index in [9.17, 15) is 0 Å². The average Bonchev–Trinajstić information content (AvgIpc) is 3.13. The number of hydrogen-bond donors (Lipinski definition) is 2. The van der Waals surface area contributed by atoms with Crippen LogP contribution in [0.25, 0.3) is 5.65 Å². The second-order valence-electron chi connectivity index (χ2n) is 6.45. The quantitative estimate of drug-likeness (QED) is 0.454. The van der Waals surface area contributed by atoms with Gasteiger partial charge in [0.05, 0.1) is 16.6 Å². The summed E-state index contributed by atoms with van der Waals surface area (Å²) in [6, 6.07) is 3.82. The van der Waals surface area contributed by atoms with E-state index in [-0.39, 0.29) is 0 Å². The Labute approximate surface area is 178 Å². The van der Waals surface area contributed by atoms with Crippen LogP contribution in [0.15, 0.2) is 40.9 Å². The van der Waals surface area contributed by atoms with E-state index < -0.39 is 0 Å². The van der Waals surface area contributed by atoms with Gasteiger partial charge in [-0.15, -0.1) is 5.10 Å². The van der Waals surface area contributed by atoms with Crippen LogP contribution < -0.4 is 5.32 Å². The van der Waals surface area contributed by atoms with Crippen molar-refractivity contribution in [3.63, 3.8) is 0 Å². The van der Waals surface area contributed by atoms with E-state index in [1.165, 1.54) is 6.21 Å². The third kappa shape index (κ3) is 5.31. The molecule has 9 heteroatoms.